The molecule has 0 bridgehead atoms. The van der Waals surface area contributed by atoms with Crippen LogP contribution in [-0.4, -0.2) is 60.8 Å². The fourth-order valence-corrected chi connectivity index (χ4v) is 1.63. The highest BCUT2D eigenvalue weighted by Crippen LogP contribution is 2.18. The Hall–Kier alpha value is -1.83. The zero-order chi connectivity index (χ0) is 13.5. The molecule has 4 N–H and O–H groups in total. The molecule has 0 aromatic rings. The zero-order valence-electron chi connectivity index (χ0n) is 9.92. The average Bonchev–Trinajstić information content (AvgIpc) is 2.21. The van der Waals surface area contributed by atoms with Crippen molar-refractivity contribution in [3.8, 4) is 0 Å². The van der Waals surface area contributed by atoms with Gasteiger partial charge in [-0.3, -0.25) is 9.59 Å². The first kappa shape index (κ1) is 14.2. The maximum atomic E-state index is 11.5. The van der Waals surface area contributed by atoms with Crippen molar-refractivity contribution in [3.63, 3.8) is 0 Å². The number of carboxylic acids is 1. The van der Waals surface area contributed by atoms with Crippen molar-refractivity contribution >= 4 is 17.9 Å². The molecule has 1 fully saturated rings. The zero-order valence-corrected chi connectivity index (χ0v) is 9.92. The molecule has 0 saturated carbocycles. The van der Waals surface area contributed by atoms with Gasteiger partial charge in [0.15, 0.2) is 0 Å². The number of hydrogen-bond acceptors (Lipinski definition) is 4. The molecule has 1 aliphatic rings. The molecule has 0 aliphatic carbocycles. The first-order valence-corrected chi connectivity index (χ1v) is 5.59. The van der Waals surface area contributed by atoms with Crippen LogP contribution in [0.2, 0.25) is 0 Å². The van der Waals surface area contributed by atoms with Gasteiger partial charge in [-0.25, -0.2) is 4.79 Å². The van der Waals surface area contributed by atoms with Gasteiger partial charge in [-0.2, -0.15) is 0 Å². The van der Waals surface area contributed by atoms with Crippen molar-refractivity contribution < 1.29 is 24.2 Å². The molecule has 0 aromatic carbocycles. The second kappa shape index (κ2) is 6.80. The van der Waals surface area contributed by atoms with E-state index in [9.17, 15) is 14.4 Å². The summed E-state index contributed by atoms with van der Waals surface area (Å²) >= 11 is 0. The number of amides is 3. The van der Waals surface area contributed by atoms with Crippen LogP contribution in [0.5, 0.6) is 0 Å². The molecule has 3 amide bonds. The molecule has 0 radical (unpaired) electrons. The molecule has 18 heavy (non-hydrogen) atoms. The lowest BCUT2D eigenvalue weighted by Gasteiger charge is -2.38. The predicted molar refractivity (Wildman–Crippen MR) is 60.7 cm³/mol. The Kier molecular flexibility index (Phi) is 5.37. The molecule has 1 aliphatic heterocycles. The van der Waals surface area contributed by atoms with E-state index in [0.717, 1.165) is 0 Å². The number of urea groups is 1. The van der Waals surface area contributed by atoms with E-state index in [-0.39, 0.29) is 38.1 Å². The lowest BCUT2D eigenvalue weighted by atomic mass is 9.97. The van der Waals surface area contributed by atoms with E-state index in [2.05, 4.69) is 5.32 Å². The third-order valence-corrected chi connectivity index (χ3v) is 2.47. The fraction of sp³-hybridized carbons (Fsp3) is 0.700. The number of aliphatic carboxylic acids is 1. The van der Waals surface area contributed by atoms with E-state index in [1.165, 1.54) is 4.90 Å². The van der Waals surface area contributed by atoms with Crippen LogP contribution in [0, 0.1) is 5.92 Å². The van der Waals surface area contributed by atoms with Crippen LogP contribution in [0.4, 0.5) is 4.79 Å². The first-order chi connectivity index (χ1) is 8.49. The summed E-state index contributed by atoms with van der Waals surface area (Å²) in [6.45, 7) is 1.24. The lowest BCUT2D eigenvalue weighted by Crippen LogP contribution is -2.54. The molecular weight excluding hydrogens is 242 g/mol. The van der Waals surface area contributed by atoms with Crippen LogP contribution in [-0.2, 0) is 14.3 Å². The Morgan fingerprint density at radius 3 is 2.61 bits per heavy atom. The molecule has 0 spiro atoms. The number of carbonyl (C=O) groups is 3. The summed E-state index contributed by atoms with van der Waals surface area (Å²) in [6, 6.07) is -0.251. The molecule has 1 saturated heterocycles. The van der Waals surface area contributed by atoms with E-state index in [1.807, 2.05) is 0 Å². The Morgan fingerprint density at radius 2 is 2.06 bits per heavy atom. The second-order valence-electron chi connectivity index (χ2n) is 4.12. The van der Waals surface area contributed by atoms with Crippen molar-refractivity contribution in [3.05, 3.63) is 0 Å². The summed E-state index contributed by atoms with van der Waals surface area (Å²) in [5, 5.41) is 11.1. The van der Waals surface area contributed by atoms with Crippen LogP contribution in [0.15, 0.2) is 0 Å². The third-order valence-electron chi connectivity index (χ3n) is 2.47. The molecule has 8 nitrogen and oxygen atoms in total. The predicted octanol–water partition coefficient (Wildman–Crippen LogP) is -1.40. The summed E-state index contributed by atoms with van der Waals surface area (Å²) < 4.78 is 4.87. The summed E-state index contributed by atoms with van der Waals surface area (Å²) in [7, 11) is 0. The topological polar surface area (TPSA) is 122 Å². The number of nitrogens with two attached hydrogens (primary N) is 1. The minimum absolute atomic E-state index is 0.0411. The van der Waals surface area contributed by atoms with Crippen molar-refractivity contribution in [2.75, 3.05) is 32.8 Å². The van der Waals surface area contributed by atoms with Gasteiger partial charge >= 0.3 is 12.0 Å². The Bertz CT molecular complexity index is 327. The number of primary amides is 1. The number of carboxylic acid groups (broad SMARTS) is 1. The van der Waals surface area contributed by atoms with Gasteiger partial charge in [0.2, 0.25) is 5.91 Å². The van der Waals surface area contributed by atoms with Gasteiger partial charge in [0.05, 0.1) is 13.0 Å². The summed E-state index contributed by atoms with van der Waals surface area (Å²) in [4.78, 5) is 33.7. The van der Waals surface area contributed by atoms with Crippen molar-refractivity contribution in [1.29, 1.82) is 0 Å². The summed E-state index contributed by atoms with van der Waals surface area (Å²) in [5.41, 5.74) is 4.86. The van der Waals surface area contributed by atoms with E-state index >= 15 is 0 Å². The number of nitrogens with zero attached hydrogens (tertiary/aromatic N) is 1. The molecule has 8 heteroatoms. The smallest absolute Gasteiger partial charge is 0.317 e. The monoisotopic (exact) mass is 259 g/mol. The van der Waals surface area contributed by atoms with Gasteiger partial charge in [-0.1, -0.05) is 0 Å². The van der Waals surface area contributed by atoms with E-state index < -0.39 is 11.9 Å². The maximum Gasteiger partial charge on any atom is 0.317 e. The second-order valence-corrected chi connectivity index (χ2v) is 4.12. The van der Waals surface area contributed by atoms with E-state index in [1.54, 1.807) is 0 Å². The average molecular weight is 259 g/mol. The van der Waals surface area contributed by atoms with E-state index in [0.29, 0.717) is 13.1 Å². The highest BCUT2D eigenvalue weighted by atomic mass is 16.5. The number of likely N-dealkylation sites (tertiary alicyclic amines) is 1. The van der Waals surface area contributed by atoms with Gasteiger partial charge in [0.25, 0.3) is 0 Å². The van der Waals surface area contributed by atoms with Crippen molar-refractivity contribution in [1.82, 2.24) is 10.2 Å². The Balaban J connectivity index is 2.02. The number of hydrogen-bond donors (Lipinski definition) is 3. The largest absolute Gasteiger partial charge is 0.481 e. The van der Waals surface area contributed by atoms with Crippen LogP contribution >= 0.6 is 0 Å². The number of carbonyl (C=O) groups excluding carboxylic acids is 2. The van der Waals surface area contributed by atoms with Crippen LogP contribution in [0.1, 0.15) is 6.42 Å². The Morgan fingerprint density at radius 1 is 1.39 bits per heavy atom. The van der Waals surface area contributed by atoms with Gasteiger partial charge in [-0.05, 0) is 0 Å². The van der Waals surface area contributed by atoms with Crippen molar-refractivity contribution in [2.45, 2.75) is 6.42 Å². The number of rotatable bonds is 7. The molecule has 0 unspecified atom stereocenters. The fourth-order valence-electron chi connectivity index (χ4n) is 1.63. The summed E-state index contributed by atoms with van der Waals surface area (Å²) in [5.74, 6) is -1.36. The number of ether oxygens (including phenoxy) is 1. The summed E-state index contributed by atoms with van der Waals surface area (Å²) in [6.07, 6.45) is 0.0888. The first-order valence-electron chi connectivity index (χ1n) is 5.59. The molecule has 1 rings (SSSR count). The highest BCUT2D eigenvalue weighted by Gasteiger charge is 2.31. The van der Waals surface area contributed by atoms with Crippen molar-refractivity contribution in [2.24, 2.45) is 11.7 Å². The minimum atomic E-state index is -0.847. The quantitative estimate of drug-likeness (QED) is 0.485. The normalized spacial score (nSPS) is 15.0. The maximum absolute atomic E-state index is 11.5. The van der Waals surface area contributed by atoms with Gasteiger partial charge in [-0.15, -0.1) is 0 Å². The van der Waals surface area contributed by atoms with Gasteiger partial charge < -0.3 is 25.8 Å². The number of nitrogens with one attached hydrogen (secondary N) is 1. The molecular formula is C10H17N3O5. The van der Waals surface area contributed by atoms with Crippen LogP contribution < -0.4 is 11.1 Å². The van der Waals surface area contributed by atoms with Crippen LogP contribution in [0.25, 0.3) is 0 Å². The molecule has 102 valence electrons. The third kappa shape index (κ3) is 5.00. The highest BCUT2D eigenvalue weighted by molar-refractivity contribution is 5.76. The van der Waals surface area contributed by atoms with Gasteiger partial charge in [0, 0.05) is 25.6 Å². The van der Waals surface area contributed by atoms with Crippen LogP contribution in [0.3, 0.4) is 0 Å². The molecule has 1 heterocycles. The van der Waals surface area contributed by atoms with E-state index in [4.69, 9.17) is 15.6 Å². The Labute approximate surface area is 104 Å². The SMILES string of the molecule is NC(=O)COCCNC(=O)N1CC(CC(=O)O)C1. The molecule has 0 aromatic heterocycles. The minimum Gasteiger partial charge on any atom is -0.481 e. The van der Waals surface area contributed by atoms with Gasteiger partial charge in [0.1, 0.15) is 6.61 Å². The molecule has 0 atom stereocenters. The standard InChI is InChI=1S/C10H17N3O5/c11-8(14)6-18-2-1-12-10(17)13-4-7(5-13)3-9(15)16/h7H,1-6H2,(H2,11,14)(H,12,17)(H,15,16). The lowest BCUT2D eigenvalue weighted by molar-refractivity contribution is -0.139.